The largest absolute Gasteiger partial charge is 0.417 e. The van der Waals surface area contributed by atoms with Gasteiger partial charge < -0.3 is 4.98 Å². The van der Waals surface area contributed by atoms with Crippen molar-refractivity contribution in [1.82, 2.24) is 4.98 Å². The summed E-state index contributed by atoms with van der Waals surface area (Å²) in [6.45, 7) is 0. The second-order valence-corrected chi connectivity index (χ2v) is 3.48. The molecule has 0 spiro atoms. The SMILES string of the molecule is FC(F)(F)c1cc2c[nH]cc2cc1C(F)(F)F. The molecule has 1 N–H and O–H groups in total. The second-order valence-electron chi connectivity index (χ2n) is 3.48. The minimum Gasteiger partial charge on any atom is -0.366 e. The topological polar surface area (TPSA) is 15.8 Å². The Bertz CT molecular complexity index is 500. The first-order valence-electron chi connectivity index (χ1n) is 4.44. The zero-order valence-electron chi connectivity index (χ0n) is 8.08. The van der Waals surface area contributed by atoms with Crippen molar-refractivity contribution < 1.29 is 26.3 Å². The van der Waals surface area contributed by atoms with Gasteiger partial charge in [-0.25, -0.2) is 0 Å². The molecule has 0 unspecified atom stereocenters. The Hall–Kier alpha value is -1.66. The van der Waals surface area contributed by atoms with Crippen molar-refractivity contribution in [2.45, 2.75) is 12.4 Å². The molecule has 0 aliphatic heterocycles. The smallest absolute Gasteiger partial charge is 0.366 e. The van der Waals surface area contributed by atoms with E-state index < -0.39 is 23.5 Å². The lowest BCUT2D eigenvalue weighted by atomic mass is 10.0. The number of nitrogens with one attached hydrogen (secondary N) is 1. The number of fused-ring (bicyclic) bond motifs is 1. The van der Waals surface area contributed by atoms with Crippen LogP contribution in [-0.2, 0) is 12.4 Å². The van der Waals surface area contributed by atoms with E-state index in [0.29, 0.717) is 12.1 Å². The van der Waals surface area contributed by atoms with Crippen LogP contribution >= 0.6 is 0 Å². The molecule has 1 heterocycles. The van der Waals surface area contributed by atoms with Gasteiger partial charge in [-0.05, 0) is 22.9 Å². The third kappa shape index (κ3) is 2.09. The zero-order valence-corrected chi connectivity index (χ0v) is 8.08. The van der Waals surface area contributed by atoms with E-state index >= 15 is 0 Å². The molecule has 0 saturated heterocycles. The first kappa shape index (κ1) is 11.8. The lowest BCUT2D eigenvalue weighted by molar-refractivity contribution is -0.161. The minimum atomic E-state index is -5.03. The standard InChI is InChI=1S/C10H5F6N/c11-9(12,13)7-1-5-3-17-4-6(5)2-8(7)10(14,15)16/h1-4,17H. The summed E-state index contributed by atoms with van der Waals surface area (Å²) in [5, 5.41) is 0.177. The number of hydrogen-bond acceptors (Lipinski definition) is 0. The van der Waals surface area contributed by atoms with Gasteiger partial charge in [0.1, 0.15) is 0 Å². The van der Waals surface area contributed by atoms with Crippen molar-refractivity contribution in [3.8, 4) is 0 Å². The van der Waals surface area contributed by atoms with E-state index in [0.717, 1.165) is 0 Å². The number of alkyl halides is 6. The number of H-pyrrole nitrogens is 1. The van der Waals surface area contributed by atoms with Crippen LogP contribution in [0.2, 0.25) is 0 Å². The molecule has 0 aliphatic carbocycles. The Balaban J connectivity index is 2.78. The van der Waals surface area contributed by atoms with E-state index in [1.807, 2.05) is 0 Å². The number of aromatic amines is 1. The number of rotatable bonds is 0. The summed E-state index contributed by atoms with van der Waals surface area (Å²) in [4.78, 5) is 2.46. The third-order valence-corrected chi connectivity index (χ3v) is 2.31. The van der Waals surface area contributed by atoms with Crippen LogP contribution < -0.4 is 0 Å². The second kappa shape index (κ2) is 3.41. The zero-order chi connectivity index (χ0) is 12.8. The first-order valence-corrected chi connectivity index (χ1v) is 4.44. The van der Waals surface area contributed by atoms with Crippen molar-refractivity contribution >= 4 is 10.8 Å². The molecule has 2 rings (SSSR count). The van der Waals surface area contributed by atoms with Gasteiger partial charge in [0.05, 0.1) is 11.1 Å². The van der Waals surface area contributed by atoms with Gasteiger partial charge in [-0.3, -0.25) is 0 Å². The van der Waals surface area contributed by atoms with Gasteiger partial charge in [0.15, 0.2) is 0 Å². The summed E-state index contributed by atoms with van der Waals surface area (Å²) in [5.74, 6) is 0. The molecule has 0 aliphatic rings. The molecule has 0 saturated carbocycles. The van der Waals surface area contributed by atoms with Gasteiger partial charge in [-0.15, -0.1) is 0 Å². The average molecular weight is 253 g/mol. The summed E-state index contributed by atoms with van der Waals surface area (Å²) in [6.07, 6.45) is -7.64. The van der Waals surface area contributed by atoms with Gasteiger partial charge in [-0.1, -0.05) is 0 Å². The van der Waals surface area contributed by atoms with Crippen LogP contribution in [0.3, 0.4) is 0 Å². The maximum Gasteiger partial charge on any atom is 0.417 e. The van der Waals surface area contributed by atoms with Crippen LogP contribution in [0.4, 0.5) is 26.3 Å². The van der Waals surface area contributed by atoms with Crippen LogP contribution in [0, 0.1) is 0 Å². The average Bonchev–Trinajstić information content (AvgIpc) is 2.59. The highest BCUT2D eigenvalue weighted by atomic mass is 19.4. The molecule has 1 aromatic heterocycles. The van der Waals surface area contributed by atoms with Crippen molar-refractivity contribution in [3.63, 3.8) is 0 Å². The van der Waals surface area contributed by atoms with Crippen molar-refractivity contribution in [2.75, 3.05) is 0 Å². The summed E-state index contributed by atoms with van der Waals surface area (Å²) in [5.41, 5.74) is -3.34. The fourth-order valence-corrected chi connectivity index (χ4v) is 1.57. The third-order valence-electron chi connectivity index (χ3n) is 2.31. The van der Waals surface area contributed by atoms with Crippen LogP contribution in [-0.4, -0.2) is 4.98 Å². The normalized spacial score (nSPS) is 13.3. The van der Waals surface area contributed by atoms with Crippen LogP contribution in [0.25, 0.3) is 10.8 Å². The Morgan fingerprint density at radius 3 is 1.35 bits per heavy atom. The van der Waals surface area contributed by atoms with E-state index in [4.69, 9.17) is 0 Å². The molecular weight excluding hydrogens is 248 g/mol. The highest BCUT2D eigenvalue weighted by Gasteiger charge is 2.43. The Labute approximate surface area is 91.0 Å². The summed E-state index contributed by atoms with van der Waals surface area (Å²) >= 11 is 0. The van der Waals surface area contributed by atoms with Crippen LogP contribution in [0.1, 0.15) is 11.1 Å². The van der Waals surface area contributed by atoms with E-state index in [1.54, 1.807) is 0 Å². The molecule has 7 heteroatoms. The highest BCUT2D eigenvalue weighted by molar-refractivity contribution is 5.84. The van der Waals surface area contributed by atoms with Crippen LogP contribution in [0.15, 0.2) is 24.5 Å². The summed E-state index contributed by atoms with van der Waals surface area (Å²) in [7, 11) is 0. The van der Waals surface area contributed by atoms with Gasteiger partial charge in [0.2, 0.25) is 0 Å². The molecule has 0 fully saturated rings. The van der Waals surface area contributed by atoms with Gasteiger partial charge >= 0.3 is 12.4 Å². The molecule has 1 nitrogen and oxygen atoms in total. The molecule has 0 atom stereocenters. The maximum absolute atomic E-state index is 12.5. The maximum atomic E-state index is 12.5. The Kier molecular flexibility index (Phi) is 2.37. The van der Waals surface area contributed by atoms with Crippen molar-refractivity contribution in [3.05, 3.63) is 35.7 Å². The van der Waals surface area contributed by atoms with E-state index in [1.165, 1.54) is 12.4 Å². The predicted molar refractivity (Wildman–Crippen MR) is 48.3 cm³/mol. The lowest BCUT2D eigenvalue weighted by Crippen LogP contribution is -2.16. The molecule has 1 aromatic carbocycles. The van der Waals surface area contributed by atoms with Gasteiger partial charge in [0, 0.05) is 12.4 Å². The molecular formula is C10H5F6N. The minimum absolute atomic E-state index is 0.0883. The highest BCUT2D eigenvalue weighted by Crippen LogP contribution is 2.41. The molecule has 0 amide bonds. The number of benzene rings is 1. The van der Waals surface area contributed by atoms with E-state index in [9.17, 15) is 26.3 Å². The molecule has 0 radical (unpaired) electrons. The van der Waals surface area contributed by atoms with Crippen molar-refractivity contribution in [1.29, 1.82) is 0 Å². The summed E-state index contributed by atoms with van der Waals surface area (Å²) in [6, 6.07) is 0.989. The van der Waals surface area contributed by atoms with Crippen molar-refractivity contribution in [2.24, 2.45) is 0 Å². The molecule has 92 valence electrons. The van der Waals surface area contributed by atoms with E-state index in [2.05, 4.69) is 4.98 Å². The molecule has 17 heavy (non-hydrogen) atoms. The fraction of sp³-hybridized carbons (Fsp3) is 0.200. The molecule has 2 aromatic rings. The number of aromatic nitrogens is 1. The molecule has 0 bridgehead atoms. The Morgan fingerprint density at radius 1 is 0.706 bits per heavy atom. The Morgan fingerprint density at radius 2 is 1.06 bits per heavy atom. The lowest BCUT2D eigenvalue weighted by Gasteiger charge is -2.15. The van der Waals surface area contributed by atoms with E-state index in [-0.39, 0.29) is 10.8 Å². The quantitative estimate of drug-likeness (QED) is 0.677. The monoisotopic (exact) mass is 253 g/mol. The predicted octanol–water partition coefficient (Wildman–Crippen LogP) is 4.21. The van der Waals surface area contributed by atoms with Gasteiger partial charge in [0.25, 0.3) is 0 Å². The summed E-state index contributed by atoms with van der Waals surface area (Å²) < 4.78 is 75.0. The van der Waals surface area contributed by atoms with Gasteiger partial charge in [-0.2, -0.15) is 26.3 Å². The number of hydrogen-bond donors (Lipinski definition) is 1. The fourth-order valence-electron chi connectivity index (χ4n) is 1.57. The first-order chi connectivity index (χ1) is 7.69. The number of halogens is 6. The van der Waals surface area contributed by atoms with Crippen LogP contribution in [0.5, 0.6) is 0 Å².